The predicted molar refractivity (Wildman–Crippen MR) is 72.9 cm³/mol. The number of carbonyl (C=O) groups excluding carboxylic acids is 1. The Hall–Kier alpha value is -1.11. The van der Waals surface area contributed by atoms with Gasteiger partial charge in [-0.1, -0.05) is 6.07 Å². The third-order valence-electron chi connectivity index (χ3n) is 3.18. The average Bonchev–Trinajstić information content (AvgIpc) is 2.44. The largest absolute Gasteiger partial charge is 0.495 e. The summed E-state index contributed by atoms with van der Waals surface area (Å²) < 4.78 is 11.9. The summed E-state index contributed by atoms with van der Waals surface area (Å²) in [6.07, 6.45) is 0.0778. The van der Waals surface area contributed by atoms with Crippen molar-refractivity contribution in [3.63, 3.8) is 0 Å². The number of amides is 1. The summed E-state index contributed by atoms with van der Waals surface area (Å²) in [4.78, 5) is 17.1. The summed E-state index contributed by atoms with van der Waals surface area (Å²) in [5, 5.41) is 1.17. The molecule has 1 aromatic carbocycles. The van der Waals surface area contributed by atoms with Gasteiger partial charge in [0.25, 0.3) is 5.91 Å². The normalized spacial score (nSPS) is 17.8. The van der Waals surface area contributed by atoms with Crippen LogP contribution in [-0.4, -0.2) is 38.8 Å². The Morgan fingerprint density at radius 1 is 1.47 bits per heavy atom. The van der Waals surface area contributed by atoms with Gasteiger partial charge in [0.05, 0.1) is 25.3 Å². The standard InChI is InChI=1S/C13H16BrNO4/c1-15(18-3)13(16)12-8-4-5-10(14)11(17-2)9(8)6-7-19-12/h4-5,12H,6-7H2,1-3H3/t12-/m0/s1. The first-order chi connectivity index (χ1) is 9.10. The lowest BCUT2D eigenvalue weighted by Gasteiger charge is -2.29. The summed E-state index contributed by atoms with van der Waals surface area (Å²) >= 11 is 3.45. The third-order valence-corrected chi connectivity index (χ3v) is 3.80. The molecule has 1 aliphatic rings. The van der Waals surface area contributed by atoms with Gasteiger partial charge in [-0.15, -0.1) is 0 Å². The van der Waals surface area contributed by atoms with Gasteiger partial charge in [-0.2, -0.15) is 0 Å². The maximum atomic E-state index is 12.2. The number of hydroxylamine groups is 2. The van der Waals surface area contributed by atoms with Gasteiger partial charge in [-0.05, 0) is 34.0 Å². The van der Waals surface area contributed by atoms with Crippen LogP contribution in [0.3, 0.4) is 0 Å². The van der Waals surface area contributed by atoms with Crippen LogP contribution in [0.25, 0.3) is 0 Å². The second-order valence-corrected chi connectivity index (χ2v) is 5.02. The first-order valence-electron chi connectivity index (χ1n) is 5.88. The number of likely N-dealkylation sites (N-methyl/N-ethyl adjacent to an activating group) is 1. The molecule has 1 amide bonds. The first kappa shape index (κ1) is 14.3. The minimum Gasteiger partial charge on any atom is -0.495 e. The molecule has 0 aromatic heterocycles. The lowest BCUT2D eigenvalue weighted by molar-refractivity contribution is -0.182. The molecule has 0 N–H and O–H groups in total. The Bertz CT molecular complexity index is 492. The van der Waals surface area contributed by atoms with Crippen LogP contribution in [-0.2, 0) is 20.8 Å². The zero-order chi connectivity index (χ0) is 14.0. The molecule has 0 saturated heterocycles. The van der Waals surface area contributed by atoms with E-state index in [9.17, 15) is 4.79 Å². The van der Waals surface area contributed by atoms with Gasteiger partial charge >= 0.3 is 0 Å². The molecule has 1 heterocycles. The molecule has 0 aliphatic carbocycles. The zero-order valence-electron chi connectivity index (χ0n) is 11.1. The van der Waals surface area contributed by atoms with Crippen molar-refractivity contribution >= 4 is 21.8 Å². The molecule has 2 rings (SSSR count). The van der Waals surface area contributed by atoms with Crippen LogP contribution in [0.2, 0.25) is 0 Å². The number of ether oxygens (including phenoxy) is 2. The minimum atomic E-state index is -0.643. The fourth-order valence-electron chi connectivity index (χ4n) is 2.17. The summed E-state index contributed by atoms with van der Waals surface area (Å²) in [5.74, 6) is 0.534. The van der Waals surface area contributed by atoms with E-state index >= 15 is 0 Å². The molecule has 0 radical (unpaired) electrons. The van der Waals surface area contributed by atoms with Crippen LogP contribution in [0.5, 0.6) is 5.75 Å². The highest BCUT2D eigenvalue weighted by atomic mass is 79.9. The predicted octanol–water partition coefficient (Wildman–Crippen LogP) is 2.09. The highest BCUT2D eigenvalue weighted by Gasteiger charge is 2.32. The smallest absolute Gasteiger partial charge is 0.279 e. The molecule has 5 nitrogen and oxygen atoms in total. The van der Waals surface area contributed by atoms with Crippen molar-refractivity contribution in [3.8, 4) is 5.75 Å². The van der Waals surface area contributed by atoms with Crippen LogP contribution in [0.1, 0.15) is 17.2 Å². The number of fused-ring (bicyclic) bond motifs is 1. The summed E-state index contributed by atoms with van der Waals surface area (Å²) in [7, 11) is 4.63. The number of rotatable bonds is 3. The van der Waals surface area contributed by atoms with E-state index in [0.717, 1.165) is 27.8 Å². The van der Waals surface area contributed by atoms with Crippen molar-refractivity contribution < 1.29 is 19.1 Å². The lowest BCUT2D eigenvalue weighted by atomic mass is 9.96. The number of hydrogen-bond donors (Lipinski definition) is 0. The van der Waals surface area contributed by atoms with Gasteiger partial charge in [-0.3, -0.25) is 9.63 Å². The number of carbonyl (C=O) groups is 1. The van der Waals surface area contributed by atoms with Gasteiger partial charge in [0, 0.05) is 12.6 Å². The Labute approximate surface area is 120 Å². The molecule has 1 aliphatic heterocycles. The van der Waals surface area contributed by atoms with Crippen molar-refractivity contribution in [3.05, 3.63) is 27.7 Å². The van der Waals surface area contributed by atoms with Crippen molar-refractivity contribution in [1.29, 1.82) is 0 Å². The number of methoxy groups -OCH3 is 1. The second-order valence-electron chi connectivity index (χ2n) is 4.17. The summed E-state index contributed by atoms with van der Waals surface area (Å²) in [5.41, 5.74) is 1.84. The van der Waals surface area contributed by atoms with Crippen molar-refractivity contribution in [2.24, 2.45) is 0 Å². The highest BCUT2D eigenvalue weighted by Crippen LogP contribution is 2.38. The quantitative estimate of drug-likeness (QED) is 0.797. The molecular formula is C13H16BrNO4. The number of nitrogens with zero attached hydrogens (tertiary/aromatic N) is 1. The molecule has 1 aromatic rings. The Balaban J connectivity index is 2.43. The van der Waals surface area contributed by atoms with E-state index in [1.54, 1.807) is 14.2 Å². The third kappa shape index (κ3) is 2.61. The molecule has 6 heteroatoms. The average molecular weight is 330 g/mol. The fourth-order valence-corrected chi connectivity index (χ4v) is 2.70. The Morgan fingerprint density at radius 3 is 2.84 bits per heavy atom. The van der Waals surface area contributed by atoms with Crippen LogP contribution in [0.15, 0.2) is 16.6 Å². The monoisotopic (exact) mass is 329 g/mol. The van der Waals surface area contributed by atoms with E-state index in [2.05, 4.69) is 15.9 Å². The SMILES string of the molecule is COc1c(Br)ccc2c1CCO[C@@H]2C(=O)N(C)OC. The van der Waals surface area contributed by atoms with Gasteiger partial charge in [0.1, 0.15) is 5.75 Å². The van der Waals surface area contributed by atoms with Crippen molar-refractivity contribution in [2.45, 2.75) is 12.5 Å². The summed E-state index contributed by atoms with van der Waals surface area (Å²) in [6, 6.07) is 3.74. The first-order valence-corrected chi connectivity index (χ1v) is 6.68. The van der Waals surface area contributed by atoms with Crippen molar-refractivity contribution in [1.82, 2.24) is 5.06 Å². The van der Waals surface area contributed by atoms with Crippen LogP contribution < -0.4 is 4.74 Å². The molecule has 0 saturated carbocycles. The molecule has 0 bridgehead atoms. The molecule has 104 valence electrons. The van der Waals surface area contributed by atoms with Gasteiger partial charge in [0.15, 0.2) is 6.10 Å². The molecular weight excluding hydrogens is 314 g/mol. The van der Waals surface area contributed by atoms with Gasteiger partial charge < -0.3 is 9.47 Å². The summed E-state index contributed by atoms with van der Waals surface area (Å²) in [6.45, 7) is 0.480. The van der Waals surface area contributed by atoms with Gasteiger partial charge in [-0.25, -0.2) is 5.06 Å². The number of hydrogen-bond acceptors (Lipinski definition) is 4. The van der Waals surface area contributed by atoms with E-state index in [4.69, 9.17) is 14.3 Å². The fraction of sp³-hybridized carbons (Fsp3) is 0.462. The maximum Gasteiger partial charge on any atom is 0.279 e. The Morgan fingerprint density at radius 2 is 2.21 bits per heavy atom. The number of halogens is 1. The van der Waals surface area contributed by atoms with Crippen LogP contribution >= 0.6 is 15.9 Å². The topological polar surface area (TPSA) is 48.0 Å². The van der Waals surface area contributed by atoms with E-state index in [1.807, 2.05) is 12.1 Å². The van der Waals surface area contributed by atoms with Crippen LogP contribution in [0, 0.1) is 0 Å². The lowest BCUT2D eigenvalue weighted by Crippen LogP contribution is -2.34. The zero-order valence-corrected chi connectivity index (χ0v) is 12.7. The van der Waals surface area contributed by atoms with E-state index < -0.39 is 6.10 Å². The number of benzene rings is 1. The highest BCUT2D eigenvalue weighted by molar-refractivity contribution is 9.10. The molecule has 0 unspecified atom stereocenters. The second kappa shape index (κ2) is 5.90. The van der Waals surface area contributed by atoms with Crippen molar-refractivity contribution in [2.75, 3.05) is 27.9 Å². The molecule has 0 fully saturated rings. The van der Waals surface area contributed by atoms with E-state index in [-0.39, 0.29) is 5.91 Å². The molecule has 0 spiro atoms. The maximum absolute atomic E-state index is 12.2. The molecule has 19 heavy (non-hydrogen) atoms. The Kier molecular flexibility index (Phi) is 4.44. The van der Waals surface area contributed by atoms with E-state index in [0.29, 0.717) is 6.61 Å². The molecule has 1 atom stereocenters. The van der Waals surface area contributed by atoms with Crippen LogP contribution in [0.4, 0.5) is 0 Å². The van der Waals surface area contributed by atoms with E-state index in [1.165, 1.54) is 12.2 Å². The minimum absolute atomic E-state index is 0.229. The van der Waals surface area contributed by atoms with Gasteiger partial charge in [0.2, 0.25) is 0 Å².